The van der Waals surface area contributed by atoms with Crippen molar-refractivity contribution in [1.82, 2.24) is 15.2 Å². The Bertz CT molecular complexity index is 286. The summed E-state index contributed by atoms with van der Waals surface area (Å²) in [6, 6.07) is 1.72. The van der Waals surface area contributed by atoms with Gasteiger partial charge in [0.25, 0.3) is 0 Å². The lowest BCUT2D eigenvalue weighted by Crippen LogP contribution is -1.76. The Morgan fingerprint density at radius 2 is 2.56 bits per heavy atom. The minimum atomic E-state index is 0.869. The maximum Gasteiger partial charge on any atom is 0.166 e. The van der Waals surface area contributed by atoms with Crippen molar-refractivity contribution in [3.05, 3.63) is 17.8 Å². The Kier molecular flexibility index (Phi) is 0.927. The molecule has 0 bridgehead atoms. The maximum atomic E-state index is 4.00. The Labute approximate surface area is 55.4 Å². The third-order valence-corrected chi connectivity index (χ3v) is 1.70. The summed E-state index contributed by atoms with van der Waals surface area (Å²) in [5.74, 6) is 0. The van der Waals surface area contributed by atoms with Crippen molar-refractivity contribution in [2.75, 3.05) is 0 Å². The summed E-state index contributed by atoms with van der Waals surface area (Å²) in [5, 5.41) is 7.37. The first kappa shape index (κ1) is 4.81. The van der Waals surface area contributed by atoms with Crippen molar-refractivity contribution in [2.45, 2.75) is 0 Å². The first-order chi connectivity index (χ1) is 4.47. The predicted molar refractivity (Wildman–Crippen MR) is 34.0 cm³/mol. The molecule has 0 spiro atoms. The summed E-state index contributed by atoms with van der Waals surface area (Å²) in [4.78, 5) is 4.87. The van der Waals surface area contributed by atoms with Gasteiger partial charge in [-0.15, -0.1) is 21.5 Å². The van der Waals surface area contributed by atoms with Gasteiger partial charge in [0, 0.05) is 0 Å². The van der Waals surface area contributed by atoms with Crippen LogP contribution >= 0.6 is 11.3 Å². The molecule has 43 valence electrons. The number of hydrogen-bond acceptors (Lipinski definition) is 4. The predicted octanol–water partition coefficient (Wildman–Crippen LogP) is 0.886. The van der Waals surface area contributed by atoms with Crippen molar-refractivity contribution in [1.29, 1.82) is 0 Å². The van der Waals surface area contributed by atoms with Gasteiger partial charge in [0.15, 0.2) is 4.83 Å². The molecule has 0 saturated heterocycles. The third kappa shape index (κ3) is 0.675. The molecule has 9 heavy (non-hydrogen) atoms. The molecule has 2 aromatic rings. The SMILES string of the molecule is [c]1cc2ncsc2nn1. The maximum absolute atomic E-state index is 4.00. The molecule has 3 nitrogen and oxygen atoms in total. The highest BCUT2D eigenvalue weighted by Crippen LogP contribution is 2.10. The summed E-state index contributed by atoms with van der Waals surface area (Å²) >= 11 is 1.48. The molecule has 0 aliphatic rings. The van der Waals surface area contributed by atoms with Crippen LogP contribution in [0.4, 0.5) is 0 Å². The van der Waals surface area contributed by atoms with E-state index in [2.05, 4.69) is 21.4 Å². The second-order valence-corrected chi connectivity index (χ2v) is 2.35. The Hall–Kier alpha value is -1.03. The van der Waals surface area contributed by atoms with E-state index in [1.165, 1.54) is 11.3 Å². The van der Waals surface area contributed by atoms with Crippen molar-refractivity contribution in [3.63, 3.8) is 0 Å². The average Bonchev–Trinajstić information content (AvgIpc) is 2.33. The lowest BCUT2D eigenvalue weighted by molar-refractivity contribution is 1.07. The van der Waals surface area contributed by atoms with Crippen LogP contribution in [0.2, 0.25) is 0 Å². The number of aromatic nitrogens is 3. The fraction of sp³-hybridized carbons (Fsp3) is 0. The molecule has 4 heteroatoms. The molecule has 0 fully saturated rings. The van der Waals surface area contributed by atoms with Gasteiger partial charge in [-0.2, -0.15) is 0 Å². The van der Waals surface area contributed by atoms with E-state index in [0.29, 0.717) is 0 Å². The molecule has 0 amide bonds. The molecule has 2 rings (SSSR count). The van der Waals surface area contributed by atoms with E-state index in [9.17, 15) is 0 Å². The summed E-state index contributed by atoms with van der Waals surface area (Å²) in [6.07, 6.45) is 2.60. The second kappa shape index (κ2) is 1.73. The van der Waals surface area contributed by atoms with E-state index in [1.807, 2.05) is 0 Å². The average molecular weight is 136 g/mol. The summed E-state index contributed by atoms with van der Waals surface area (Å²) < 4.78 is 0. The van der Waals surface area contributed by atoms with Crippen LogP contribution in [0.5, 0.6) is 0 Å². The lowest BCUT2D eigenvalue weighted by Gasteiger charge is -1.77. The minimum Gasteiger partial charge on any atom is -0.243 e. The monoisotopic (exact) mass is 136 g/mol. The van der Waals surface area contributed by atoms with Gasteiger partial charge in [-0.05, 0) is 6.07 Å². The second-order valence-electron chi connectivity index (χ2n) is 1.52. The molecule has 0 aliphatic carbocycles. The third-order valence-electron chi connectivity index (χ3n) is 0.975. The van der Waals surface area contributed by atoms with E-state index < -0.39 is 0 Å². The molecular weight excluding hydrogens is 134 g/mol. The zero-order valence-corrected chi connectivity index (χ0v) is 5.22. The van der Waals surface area contributed by atoms with Gasteiger partial charge in [-0.1, -0.05) is 0 Å². The topological polar surface area (TPSA) is 38.7 Å². The summed E-state index contributed by atoms with van der Waals surface area (Å²) in [6.45, 7) is 0. The molecule has 2 aromatic heterocycles. The molecule has 0 aromatic carbocycles. The fourth-order valence-corrected chi connectivity index (χ4v) is 1.17. The molecule has 0 N–H and O–H groups in total. The van der Waals surface area contributed by atoms with Crippen molar-refractivity contribution < 1.29 is 0 Å². The van der Waals surface area contributed by atoms with Crippen LogP contribution in [0.15, 0.2) is 11.6 Å². The van der Waals surface area contributed by atoms with Gasteiger partial charge in [0.05, 0.1) is 5.51 Å². The number of hydrogen-bond donors (Lipinski definition) is 0. The quantitative estimate of drug-likeness (QED) is 0.539. The molecule has 1 radical (unpaired) electrons. The van der Waals surface area contributed by atoms with Crippen LogP contribution in [0.25, 0.3) is 10.3 Å². The molecule has 0 saturated carbocycles. The van der Waals surface area contributed by atoms with Crippen LogP contribution in [0.3, 0.4) is 0 Å². The Balaban J connectivity index is 2.95. The number of fused-ring (bicyclic) bond motifs is 1. The Morgan fingerprint density at radius 3 is 3.44 bits per heavy atom. The van der Waals surface area contributed by atoms with E-state index in [-0.39, 0.29) is 0 Å². The normalized spacial score (nSPS) is 10.2. The van der Waals surface area contributed by atoms with Gasteiger partial charge >= 0.3 is 0 Å². The first-order valence-electron chi connectivity index (χ1n) is 2.40. The summed E-state index contributed by atoms with van der Waals surface area (Å²) in [7, 11) is 0. The highest BCUT2D eigenvalue weighted by atomic mass is 32.1. The number of rotatable bonds is 0. The van der Waals surface area contributed by atoms with E-state index in [1.54, 1.807) is 11.6 Å². The zero-order chi connectivity index (χ0) is 6.10. The van der Waals surface area contributed by atoms with Gasteiger partial charge < -0.3 is 0 Å². The molecular formula is C5H2N3S. The standard InChI is InChI=1S/C5H2N3S/c1-2-7-8-5-4(1)6-3-9-5/h1,3H. The minimum absolute atomic E-state index is 0.869. The number of nitrogens with zero attached hydrogens (tertiary/aromatic N) is 3. The van der Waals surface area contributed by atoms with Gasteiger partial charge in [-0.3, -0.25) is 0 Å². The van der Waals surface area contributed by atoms with Gasteiger partial charge in [0.2, 0.25) is 0 Å². The van der Waals surface area contributed by atoms with Crippen molar-refractivity contribution in [3.8, 4) is 0 Å². The van der Waals surface area contributed by atoms with E-state index >= 15 is 0 Å². The van der Waals surface area contributed by atoms with E-state index in [4.69, 9.17) is 0 Å². The molecule has 2 heterocycles. The number of thiazole rings is 1. The molecule has 0 aliphatic heterocycles. The van der Waals surface area contributed by atoms with Crippen LogP contribution in [0, 0.1) is 6.20 Å². The van der Waals surface area contributed by atoms with E-state index in [0.717, 1.165) is 10.3 Å². The van der Waals surface area contributed by atoms with Crippen molar-refractivity contribution in [2.24, 2.45) is 0 Å². The van der Waals surface area contributed by atoms with Crippen LogP contribution in [-0.4, -0.2) is 15.2 Å². The molecule has 0 unspecified atom stereocenters. The molecule has 0 atom stereocenters. The van der Waals surface area contributed by atoms with Crippen LogP contribution in [0.1, 0.15) is 0 Å². The largest absolute Gasteiger partial charge is 0.243 e. The van der Waals surface area contributed by atoms with Crippen LogP contribution < -0.4 is 0 Å². The Morgan fingerprint density at radius 1 is 1.56 bits per heavy atom. The van der Waals surface area contributed by atoms with Crippen molar-refractivity contribution >= 4 is 21.7 Å². The fourth-order valence-electron chi connectivity index (χ4n) is 0.587. The smallest absolute Gasteiger partial charge is 0.166 e. The summed E-state index contributed by atoms with van der Waals surface area (Å²) in [5.41, 5.74) is 2.61. The highest BCUT2D eigenvalue weighted by Gasteiger charge is 1.93. The lowest BCUT2D eigenvalue weighted by atomic mass is 10.5. The first-order valence-corrected chi connectivity index (χ1v) is 3.28. The van der Waals surface area contributed by atoms with Gasteiger partial charge in [-0.25, -0.2) is 4.98 Å². The zero-order valence-electron chi connectivity index (χ0n) is 4.40. The van der Waals surface area contributed by atoms with Gasteiger partial charge in [0.1, 0.15) is 11.7 Å². The van der Waals surface area contributed by atoms with Crippen LogP contribution in [-0.2, 0) is 0 Å². The highest BCUT2D eigenvalue weighted by molar-refractivity contribution is 7.16.